The number of likely N-dealkylation sites (tertiary alicyclic amines) is 1. The van der Waals surface area contributed by atoms with Gasteiger partial charge in [0.1, 0.15) is 0 Å². The lowest BCUT2D eigenvalue weighted by atomic mass is 9.84. The van der Waals surface area contributed by atoms with Crippen molar-refractivity contribution in [3.8, 4) is 0 Å². The summed E-state index contributed by atoms with van der Waals surface area (Å²) in [5.74, 6) is -1.22. The van der Waals surface area contributed by atoms with Crippen molar-refractivity contribution in [1.29, 1.82) is 0 Å². The minimum atomic E-state index is -0.818. The van der Waals surface area contributed by atoms with Crippen LogP contribution in [0.2, 0.25) is 0 Å². The Hall–Kier alpha value is -1.84. The molecular weight excluding hydrogens is 230 g/mol. The van der Waals surface area contributed by atoms with Gasteiger partial charge in [0.25, 0.3) is 0 Å². The lowest BCUT2D eigenvalue weighted by Crippen LogP contribution is -2.44. The van der Waals surface area contributed by atoms with Crippen molar-refractivity contribution in [2.75, 3.05) is 13.1 Å². The molecule has 1 aromatic carbocycles. The number of aliphatic carboxylic acids is 1. The monoisotopic (exact) mass is 247 g/mol. The third-order valence-corrected chi connectivity index (χ3v) is 3.52. The van der Waals surface area contributed by atoms with Gasteiger partial charge in [0.2, 0.25) is 5.91 Å². The molecule has 1 N–H and O–H groups in total. The maximum Gasteiger partial charge on any atom is 0.308 e. The number of rotatable bonds is 2. The van der Waals surface area contributed by atoms with Gasteiger partial charge in [-0.25, -0.2) is 0 Å². The van der Waals surface area contributed by atoms with Crippen LogP contribution in [0.4, 0.5) is 0 Å². The van der Waals surface area contributed by atoms with Crippen molar-refractivity contribution in [2.45, 2.75) is 19.3 Å². The number of carbonyl (C=O) groups excluding carboxylic acids is 1. The molecule has 1 aromatic rings. The van der Waals surface area contributed by atoms with Crippen LogP contribution in [0.5, 0.6) is 0 Å². The standard InChI is InChI=1S/C14H17NO3/c1-10(16)15-8-12(7-13(9-15)14(17)18)11-5-3-2-4-6-11/h2-6,12-13H,7-9H2,1H3,(H,17,18)/t12-,13+/m0/s1. The number of carbonyl (C=O) groups is 2. The Bertz CT molecular complexity index is 422. The van der Waals surface area contributed by atoms with E-state index in [4.69, 9.17) is 5.11 Å². The van der Waals surface area contributed by atoms with Gasteiger partial charge in [-0.1, -0.05) is 30.3 Å². The number of benzene rings is 1. The van der Waals surface area contributed by atoms with Crippen LogP contribution in [0.1, 0.15) is 24.8 Å². The number of piperidine rings is 1. The molecule has 2 rings (SSSR count). The van der Waals surface area contributed by atoms with E-state index < -0.39 is 11.9 Å². The Kier molecular flexibility index (Phi) is 3.65. The first-order valence-corrected chi connectivity index (χ1v) is 6.11. The van der Waals surface area contributed by atoms with Crippen molar-refractivity contribution in [3.63, 3.8) is 0 Å². The van der Waals surface area contributed by atoms with Crippen LogP contribution in [0.15, 0.2) is 30.3 Å². The third kappa shape index (κ3) is 2.70. The van der Waals surface area contributed by atoms with Gasteiger partial charge in [-0.2, -0.15) is 0 Å². The zero-order valence-electron chi connectivity index (χ0n) is 10.4. The first kappa shape index (κ1) is 12.6. The quantitative estimate of drug-likeness (QED) is 0.865. The normalized spacial score (nSPS) is 23.7. The van der Waals surface area contributed by atoms with Gasteiger partial charge in [0.15, 0.2) is 0 Å². The van der Waals surface area contributed by atoms with Crippen LogP contribution in [-0.4, -0.2) is 35.0 Å². The van der Waals surface area contributed by atoms with Crippen LogP contribution in [0, 0.1) is 5.92 Å². The zero-order chi connectivity index (χ0) is 13.1. The maximum atomic E-state index is 11.5. The van der Waals surface area contributed by atoms with Crippen molar-refractivity contribution >= 4 is 11.9 Å². The first-order chi connectivity index (χ1) is 8.58. The highest BCUT2D eigenvalue weighted by Gasteiger charge is 2.33. The van der Waals surface area contributed by atoms with E-state index in [1.54, 1.807) is 4.90 Å². The highest BCUT2D eigenvalue weighted by Crippen LogP contribution is 2.30. The van der Waals surface area contributed by atoms with E-state index in [1.165, 1.54) is 6.92 Å². The highest BCUT2D eigenvalue weighted by atomic mass is 16.4. The summed E-state index contributed by atoms with van der Waals surface area (Å²) < 4.78 is 0. The Morgan fingerprint density at radius 3 is 2.44 bits per heavy atom. The molecule has 1 saturated heterocycles. The van der Waals surface area contributed by atoms with Crippen LogP contribution in [0.25, 0.3) is 0 Å². The van der Waals surface area contributed by atoms with E-state index in [1.807, 2.05) is 30.3 Å². The molecular formula is C14H17NO3. The number of carboxylic acid groups (broad SMARTS) is 1. The minimum absolute atomic E-state index is 0.0538. The summed E-state index contributed by atoms with van der Waals surface area (Å²) in [6.07, 6.45) is 0.600. The van der Waals surface area contributed by atoms with Gasteiger partial charge in [0, 0.05) is 25.9 Å². The average molecular weight is 247 g/mol. The molecule has 1 aliphatic heterocycles. The van der Waals surface area contributed by atoms with Crippen molar-refractivity contribution in [1.82, 2.24) is 4.90 Å². The summed E-state index contributed by atoms with van der Waals surface area (Å²) in [7, 11) is 0. The van der Waals surface area contributed by atoms with Gasteiger partial charge >= 0.3 is 5.97 Å². The smallest absolute Gasteiger partial charge is 0.308 e. The first-order valence-electron chi connectivity index (χ1n) is 6.11. The van der Waals surface area contributed by atoms with Crippen molar-refractivity contribution < 1.29 is 14.7 Å². The average Bonchev–Trinajstić information content (AvgIpc) is 2.39. The second kappa shape index (κ2) is 5.21. The molecule has 0 aliphatic carbocycles. The van der Waals surface area contributed by atoms with Gasteiger partial charge in [-0.15, -0.1) is 0 Å². The molecule has 2 atom stereocenters. The predicted molar refractivity (Wildman–Crippen MR) is 67.2 cm³/mol. The van der Waals surface area contributed by atoms with Crippen LogP contribution >= 0.6 is 0 Å². The molecule has 0 bridgehead atoms. The summed E-state index contributed by atoms with van der Waals surface area (Å²) in [6, 6.07) is 9.81. The van der Waals surface area contributed by atoms with E-state index >= 15 is 0 Å². The number of amides is 1. The number of nitrogens with zero attached hydrogens (tertiary/aromatic N) is 1. The van der Waals surface area contributed by atoms with E-state index in [0.29, 0.717) is 19.5 Å². The van der Waals surface area contributed by atoms with Gasteiger partial charge in [-0.05, 0) is 12.0 Å². The Morgan fingerprint density at radius 2 is 1.89 bits per heavy atom. The second-order valence-electron chi connectivity index (χ2n) is 4.80. The van der Waals surface area contributed by atoms with Crippen LogP contribution < -0.4 is 0 Å². The molecule has 1 amide bonds. The van der Waals surface area contributed by atoms with Crippen molar-refractivity contribution in [3.05, 3.63) is 35.9 Å². The van der Waals surface area contributed by atoms with E-state index in [9.17, 15) is 9.59 Å². The summed E-state index contributed by atoms with van der Waals surface area (Å²) in [5, 5.41) is 9.16. The summed E-state index contributed by atoms with van der Waals surface area (Å²) in [6.45, 7) is 2.43. The van der Waals surface area contributed by atoms with Gasteiger partial charge in [0.05, 0.1) is 5.92 Å². The SMILES string of the molecule is CC(=O)N1C[C@H](C(=O)O)C[C@H](c2ccccc2)C1. The van der Waals surface area contributed by atoms with Gasteiger partial charge < -0.3 is 10.0 Å². The Balaban J connectivity index is 2.20. The zero-order valence-corrected chi connectivity index (χ0v) is 10.4. The van der Waals surface area contributed by atoms with Crippen molar-refractivity contribution in [2.24, 2.45) is 5.92 Å². The fraction of sp³-hybridized carbons (Fsp3) is 0.429. The fourth-order valence-corrected chi connectivity index (χ4v) is 2.50. The molecule has 1 heterocycles. The fourth-order valence-electron chi connectivity index (χ4n) is 2.50. The van der Waals surface area contributed by atoms with E-state index in [2.05, 4.69) is 0 Å². The molecule has 0 radical (unpaired) electrons. The molecule has 18 heavy (non-hydrogen) atoms. The predicted octanol–water partition coefficient (Wildman–Crippen LogP) is 1.72. The summed E-state index contributed by atoms with van der Waals surface area (Å²) in [5.41, 5.74) is 1.11. The van der Waals surface area contributed by atoms with E-state index in [0.717, 1.165) is 5.56 Å². The highest BCUT2D eigenvalue weighted by molar-refractivity contribution is 5.76. The number of hydrogen-bond acceptors (Lipinski definition) is 2. The molecule has 4 heteroatoms. The molecule has 1 fully saturated rings. The molecule has 4 nitrogen and oxygen atoms in total. The molecule has 0 spiro atoms. The van der Waals surface area contributed by atoms with E-state index in [-0.39, 0.29) is 11.8 Å². The molecule has 0 unspecified atom stereocenters. The second-order valence-corrected chi connectivity index (χ2v) is 4.80. The lowest BCUT2D eigenvalue weighted by Gasteiger charge is -2.35. The summed E-state index contributed by atoms with van der Waals surface area (Å²) in [4.78, 5) is 24.3. The minimum Gasteiger partial charge on any atom is -0.481 e. The molecule has 1 aliphatic rings. The third-order valence-electron chi connectivity index (χ3n) is 3.52. The number of hydrogen-bond donors (Lipinski definition) is 1. The molecule has 96 valence electrons. The largest absolute Gasteiger partial charge is 0.481 e. The lowest BCUT2D eigenvalue weighted by molar-refractivity contribution is -0.145. The summed E-state index contributed by atoms with van der Waals surface area (Å²) >= 11 is 0. The Morgan fingerprint density at radius 1 is 1.22 bits per heavy atom. The molecule has 0 aromatic heterocycles. The topological polar surface area (TPSA) is 57.6 Å². The number of carboxylic acids is 1. The van der Waals surface area contributed by atoms with Crippen LogP contribution in [-0.2, 0) is 9.59 Å². The maximum absolute atomic E-state index is 11.5. The molecule has 0 saturated carbocycles. The van der Waals surface area contributed by atoms with Gasteiger partial charge in [-0.3, -0.25) is 9.59 Å². The Labute approximate surface area is 106 Å². The van der Waals surface area contributed by atoms with Crippen LogP contribution in [0.3, 0.4) is 0 Å².